The summed E-state index contributed by atoms with van der Waals surface area (Å²) < 4.78 is 12.4. The highest BCUT2D eigenvalue weighted by Crippen LogP contribution is 2.42. The van der Waals surface area contributed by atoms with Gasteiger partial charge in [-0.15, -0.1) is 0 Å². The molecule has 0 radical (unpaired) electrons. The van der Waals surface area contributed by atoms with E-state index in [9.17, 15) is 0 Å². The van der Waals surface area contributed by atoms with Crippen LogP contribution in [-0.4, -0.2) is 32.8 Å². The number of nitrogens with zero attached hydrogens (tertiary/aromatic N) is 7. The van der Waals surface area contributed by atoms with Gasteiger partial charge >= 0.3 is 0 Å². The van der Waals surface area contributed by atoms with Crippen LogP contribution in [-0.2, 0) is 6.42 Å². The molecule has 430 valence electrons. The first-order valence-corrected chi connectivity index (χ1v) is 31.7. The number of rotatable bonds is 5. The molecule has 0 amide bonds. The molecule has 0 spiro atoms. The molecule has 1 aliphatic carbocycles. The summed E-state index contributed by atoms with van der Waals surface area (Å²) in [6.07, 6.45) is 1.04. The van der Waals surface area contributed by atoms with Crippen LogP contribution in [0.5, 0.6) is 0 Å². The highest BCUT2D eigenvalue weighted by molar-refractivity contribution is 9.10. The maximum absolute atomic E-state index is 5.33. The molecule has 0 N–H and O–H groups in total. The van der Waals surface area contributed by atoms with Crippen LogP contribution in [0.1, 0.15) is 12.6 Å². The molecule has 1 aliphatic rings. The van der Waals surface area contributed by atoms with E-state index in [-0.39, 0.29) is 1.43 Å². The van der Waals surface area contributed by atoms with Gasteiger partial charge in [0.1, 0.15) is 22.1 Å². The number of aromatic nitrogens is 7. The molecular formula is C83H55BrN7-. The second kappa shape index (κ2) is 21.3. The van der Waals surface area contributed by atoms with Crippen molar-refractivity contribution < 1.29 is 1.43 Å². The van der Waals surface area contributed by atoms with E-state index < -0.39 is 0 Å². The van der Waals surface area contributed by atoms with Gasteiger partial charge in [0, 0.05) is 65.2 Å². The zero-order valence-corrected chi connectivity index (χ0v) is 50.8. The van der Waals surface area contributed by atoms with Crippen molar-refractivity contribution in [2.75, 3.05) is 0 Å². The van der Waals surface area contributed by atoms with Gasteiger partial charge in [0.15, 0.2) is 0 Å². The summed E-state index contributed by atoms with van der Waals surface area (Å²) in [5.74, 6) is 2.72. The van der Waals surface area contributed by atoms with Gasteiger partial charge in [-0.3, -0.25) is 13.7 Å². The van der Waals surface area contributed by atoms with Crippen LogP contribution in [0.3, 0.4) is 0 Å². The summed E-state index contributed by atoms with van der Waals surface area (Å²) in [5, 5.41) is 12.5. The molecule has 20 rings (SSSR count). The van der Waals surface area contributed by atoms with Crippen molar-refractivity contribution >= 4 is 125 Å². The Kier molecular flexibility index (Phi) is 12.3. The summed E-state index contributed by atoms with van der Waals surface area (Å²) in [5.41, 5.74) is 19.9. The summed E-state index contributed by atoms with van der Waals surface area (Å²) >= 11 is 3.45. The molecule has 8 heteroatoms. The van der Waals surface area contributed by atoms with Gasteiger partial charge in [0.05, 0.1) is 55.2 Å². The van der Waals surface area contributed by atoms with Crippen LogP contribution in [0, 0.1) is 0 Å². The molecule has 7 heterocycles. The van der Waals surface area contributed by atoms with E-state index >= 15 is 0 Å². The molecule has 7 aromatic heterocycles. The third-order valence-corrected chi connectivity index (χ3v) is 18.8. The molecule has 0 fully saturated rings. The molecule has 0 bridgehead atoms. The van der Waals surface area contributed by atoms with Crippen LogP contribution in [0.15, 0.2) is 320 Å². The maximum atomic E-state index is 5.33. The zero-order valence-electron chi connectivity index (χ0n) is 50.2. The largest absolute Gasteiger partial charge is 1.00 e. The van der Waals surface area contributed by atoms with E-state index in [2.05, 4.69) is 341 Å². The standard InChI is InChI=1S/C41H26N4.C25H17N.C17H11BrN2.H/c1-6-17-34-28(12-1)29-13-2-7-18-35(29)43(34)27-24-25-39-33(26-27)32-16-5-10-21-38(32)45(39)41-23-11-22-40(42-41)44-36-19-8-3-14-30(36)31-15-4-9-20-37(31)44;1-2-8-20-17(7-1)15-18-13-14-19(16-23(18)20)26-24-11-5-3-9-21(24)22-10-4-6-12-25(22)26;18-16-10-5-11-17(19-16)20-14-8-3-1-6-12(14)13-7-2-4-9-15(13)20;/h1-26H;1-14,16H,15H2;1-11H;/q;;;-1. The van der Waals surface area contributed by atoms with Gasteiger partial charge in [0.2, 0.25) is 0 Å². The first kappa shape index (κ1) is 52.5. The third kappa shape index (κ3) is 8.48. The minimum atomic E-state index is 0. The van der Waals surface area contributed by atoms with Crippen molar-refractivity contribution in [3.8, 4) is 40.0 Å². The minimum absolute atomic E-state index is 0. The molecule has 12 aromatic carbocycles. The molecule has 19 aromatic rings. The molecule has 7 nitrogen and oxygen atoms in total. The molecule has 0 aliphatic heterocycles. The fraction of sp³-hybridized carbons (Fsp3) is 0.0120. The Morgan fingerprint density at radius 3 is 0.934 bits per heavy atom. The molecular weight excluding hydrogens is 1170 g/mol. The highest BCUT2D eigenvalue weighted by Gasteiger charge is 2.22. The van der Waals surface area contributed by atoms with Crippen LogP contribution >= 0.6 is 15.9 Å². The maximum Gasteiger partial charge on any atom is 0.140 e. The lowest BCUT2D eigenvalue weighted by Crippen LogP contribution is -2.03. The number of fused-ring (bicyclic) bond motifs is 18. The normalized spacial score (nSPS) is 12.0. The van der Waals surface area contributed by atoms with E-state index in [0.29, 0.717) is 0 Å². The van der Waals surface area contributed by atoms with Gasteiger partial charge < -0.3 is 10.6 Å². The van der Waals surface area contributed by atoms with E-state index in [1.54, 1.807) is 0 Å². The minimum Gasteiger partial charge on any atom is -1.00 e. The molecule has 0 atom stereocenters. The van der Waals surface area contributed by atoms with E-state index in [4.69, 9.17) is 4.98 Å². The monoisotopic (exact) mass is 1230 g/mol. The second-order valence-corrected chi connectivity index (χ2v) is 24.2. The van der Waals surface area contributed by atoms with Crippen molar-refractivity contribution in [1.82, 2.24) is 32.8 Å². The topological polar surface area (TPSA) is 50.4 Å². The Hall–Kier alpha value is -11.6. The quantitative estimate of drug-likeness (QED) is 0.161. The van der Waals surface area contributed by atoms with Crippen molar-refractivity contribution in [3.63, 3.8) is 0 Å². The highest BCUT2D eigenvalue weighted by atomic mass is 79.9. The molecule has 0 unspecified atom stereocenters. The lowest BCUT2D eigenvalue weighted by Gasteiger charge is -2.12. The average Bonchev–Trinajstić information content (AvgIpc) is 1.70. The number of hydrogen-bond donors (Lipinski definition) is 0. The number of halogens is 1. The van der Waals surface area contributed by atoms with Crippen molar-refractivity contribution in [1.29, 1.82) is 0 Å². The first-order chi connectivity index (χ1) is 45.1. The summed E-state index contributed by atoms with van der Waals surface area (Å²) in [6.45, 7) is 0. The Balaban J connectivity index is 0.000000116. The second-order valence-electron chi connectivity index (χ2n) is 23.4. The van der Waals surface area contributed by atoms with Gasteiger partial charge in [-0.25, -0.2) is 9.97 Å². The van der Waals surface area contributed by atoms with Gasteiger partial charge in [-0.05, 0) is 154 Å². The SMILES string of the molecule is Brc1cccc(-n2c3ccccc3c3ccccc32)n1.[H-].c1cc(-n2c3ccccc3c3ccccc32)nc(-n2c3ccccc3c3cc(-n4c5ccccc5c5ccccc54)ccc32)c1.c1ccc2c(c1)Cc1ccc(-n3c4ccccc4c4ccccc43)cc1-2. The van der Waals surface area contributed by atoms with Crippen LogP contribution in [0.2, 0.25) is 0 Å². The summed E-state index contributed by atoms with van der Waals surface area (Å²) in [7, 11) is 0. The fourth-order valence-corrected chi connectivity index (χ4v) is 14.9. The molecule has 0 saturated heterocycles. The molecule has 91 heavy (non-hydrogen) atoms. The number of para-hydroxylation sites is 9. The fourth-order valence-electron chi connectivity index (χ4n) is 14.5. The van der Waals surface area contributed by atoms with Gasteiger partial charge in [-0.2, -0.15) is 0 Å². The van der Waals surface area contributed by atoms with Crippen molar-refractivity contribution in [2.45, 2.75) is 6.42 Å². The Bertz CT molecular complexity index is 5910. The lowest BCUT2D eigenvalue weighted by molar-refractivity contribution is 1.01. The Morgan fingerprint density at radius 2 is 0.527 bits per heavy atom. The van der Waals surface area contributed by atoms with Gasteiger partial charge in [0.25, 0.3) is 0 Å². The number of hydrogen-bond acceptors (Lipinski definition) is 2. The van der Waals surface area contributed by atoms with Crippen LogP contribution in [0.25, 0.3) is 149 Å². The van der Waals surface area contributed by atoms with E-state index in [1.165, 1.54) is 115 Å². The Morgan fingerprint density at radius 1 is 0.231 bits per heavy atom. The van der Waals surface area contributed by atoms with E-state index in [0.717, 1.165) is 56.2 Å². The van der Waals surface area contributed by atoms with Gasteiger partial charge in [-0.1, -0.05) is 206 Å². The average molecular weight is 1230 g/mol. The van der Waals surface area contributed by atoms with Crippen LogP contribution < -0.4 is 0 Å². The summed E-state index contributed by atoms with van der Waals surface area (Å²) in [4.78, 5) is 9.93. The predicted octanol–water partition coefficient (Wildman–Crippen LogP) is 21.8. The number of pyridine rings is 2. The Labute approximate surface area is 533 Å². The van der Waals surface area contributed by atoms with E-state index in [1.807, 2.05) is 18.2 Å². The first-order valence-electron chi connectivity index (χ1n) is 30.9. The van der Waals surface area contributed by atoms with Crippen molar-refractivity contribution in [3.05, 3.63) is 331 Å². The third-order valence-electron chi connectivity index (χ3n) is 18.4. The predicted molar refractivity (Wildman–Crippen MR) is 384 cm³/mol. The number of benzene rings is 12. The van der Waals surface area contributed by atoms with Crippen LogP contribution in [0.4, 0.5) is 0 Å². The summed E-state index contributed by atoms with van der Waals surface area (Å²) in [6, 6.07) is 112. The molecule has 0 saturated carbocycles. The van der Waals surface area contributed by atoms with Crippen molar-refractivity contribution in [2.24, 2.45) is 0 Å². The lowest BCUT2D eigenvalue weighted by atomic mass is 10.1. The smallest absolute Gasteiger partial charge is 0.140 e. The zero-order chi connectivity index (χ0) is 60.1.